The van der Waals surface area contributed by atoms with E-state index in [0.29, 0.717) is 0 Å². The minimum Gasteiger partial charge on any atom is -0.365 e. The van der Waals surface area contributed by atoms with E-state index >= 15 is 0 Å². The SMILES string of the molecule is C1=NCCCN(c2cccnc2)C1. The van der Waals surface area contributed by atoms with Gasteiger partial charge in [-0.25, -0.2) is 0 Å². The molecule has 3 nitrogen and oxygen atoms in total. The van der Waals surface area contributed by atoms with E-state index in [1.54, 1.807) is 6.20 Å². The lowest BCUT2D eigenvalue weighted by molar-refractivity contribution is 0.804. The molecule has 1 aliphatic rings. The molecule has 0 aliphatic carbocycles. The highest BCUT2D eigenvalue weighted by molar-refractivity contribution is 5.66. The fourth-order valence-corrected chi connectivity index (χ4v) is 1.47. The number of anilines is 1. The van der Waals surface area contributed by atoms with E-state index < -0.39 is 0 Å². The van der Waals surface area contributed by atoms with Gasteiger partial charge < -0.3 is 4.90 Å². The first-order valence-electron chi connectivity index (χ1n) is 4.60. The van der Waals surface area contributed by atoms with Crippen LogP contribution in [0, 0.1) is 0 Å². The minimum absolute atomic E-state index is 0.908. The molecule has 0 amide bonds. The molecule has 0 radical (unpaired) electrons. The third-order valence-corrected chi connectivity index (χ3v) is 2.16. The molecule has 1 aromatic rings. The standard InChI is InChI=1S/C10H13N3/c1-3-10(9-12-4-1)13-7-2-5-11-6-8-13/h1,3-4,6,9H,2,5,7-8H2. The van der Waals surface area contributed by atoms with E-state index in [1.165, 1.54) is 5.69 Å². The Labute approximate surface area is 78.1 Å². The molecule has 2 heterocycles. The van der Waals surface area contributed by atoms with E-state index in [4.69, 9.17) is 0 Å². The van der Waals surface area contributed by atoms with Crippen LogP contribution in [0.4, 0.5) is 5.69 Å². The molecular formula is C10H13N3. The predicted octanol–water partition coefficient (Wildman–Crippen LogP) is 1.36. The maximum absolute atomic E-state index is 4.26. The van der Waals surface area contributed by atoms with Crippen molar-refractivity contribution in [3.05, 3.63) is 24.5 Å². The molecule has 0 saturated heterocycles. The normalized spacial score (nSPS) is 17.1. The molecule has 0 atom stereocenters. The van der Waals surface area contributed by atoms with Gasteiger partial charge in [0.25, 0.3) is 0 Å². The van der Waals surface area contributed by atoms with E-state index in [-0.39, 0.29) is 0 Å². The lowest BCUT2D eigenvalue weighted by Gasteiger charge is -2.20. The maximum atomic E-state index is 4.26. The fraction of sp³-hybridized carbons (Fsp3) is 0.400. The van der Waals surface area contributed by atoms with Crippen molar-refractivity contribution >= 4 is 11.9 Å². The topological polar surface area (TPSA) is 28.5 Å². The van der Waals surface area contributed by atoms with E-state index in [9.17, 15) is 0 Å². The monoisotopic (exact) mass is 175 g/mol. The van der Waals surface area contributed by atoms with E-state index in [2.05, 4.69) is 20.9 Å². The van der Waals surface area contributed by atoms with Gasteiger partial charge in [-0.15, -0.1) is 0 Å². The lowest BCUT2D eigenvalue weighted by atomic mass is 10.3. The summed E-state index contributed by atoms with van der Waals surface area (Å²) in [6.07, 6.45) is 6.82. The molecule has 1 aromatic heterocycles. The summed E-state index contributed by atoms with van der Waals surface area (Å²) in [7, 11) is 0. The summed E-state index contributed by atoms with van der Waals surface area (Å²) < 4.78 is 0. The van der Waals surface area contributed by atoms with Crippen molar-refractivity contribution < 1.29 is 0 Å². The van der Waals surface area contributed by atoms with Gasteiger partial charge in [-0.2, -0.15) is 0 Å². The Morgan fingerprint density at radius 1 is 1.38 bits per heavy atom. The Hall–Kier alpha value is -1.38. The highest BCUT2D eigenvalue weighted by Crippen LogP contribution is 2.12. The molecule has 13 heavy (non-hydrogen) atoms. The van der Waals surface area contributed by atoms with Gasteiger partial charge in [-0.3, -0.25) is 9.98 Å². The molecular weight excluding hydrogens is 162 g/mol. The molecule has 0 aromatic carbocycles. The summed E-state index contributed by atoms with van der Waals surface area (Å²) in [5.41, 5.74) is 1.19. The van der Waals surface area contributed by atoms with Gasteiger partial charge in [0.15, 0.2) is 0 Å². The summed E-state index contributed by atoms with van der Waals surface area (Å²) in [6, 6.07) is 4.06. The number of hydrogen-bond donors (Lipinski definition) is 0. The summed E-state index contributed by atoms with van der Waals surface area (Å²) in [5, 5.41) is 0. The first-order chi connectivity index (χ1) is 6.47. The van der Waals surface area contributed by atoms with Crippen LogP contribution >= 0.6 is 0 Å². The van der Waals surface area contributed by atoms with Gasteiger partial charge in [0, 0.05) is 25.5 Å². The van der Waals surface area contributed by atoms with Gasteiger partial charge in [0.05, 0.1) is 18.4 Å². The van der Waals surface area contributed by atoms with Gasteiger partial charge in [-0.1, -0.05) is 0 Å². The van der Waals surface area contributed by atoms with Crippen molar-refractivity contribution in [1.82, 2.24) is 4.98 Å². The Kier molecular flexibility index (Phi) is 2.55. The van der Waals surface area contributed by atoms with E-state index in [1.807, 2.05) is 18.5 Å². The van der Waals surface area contributed by atoms with Crippen LogP contribution in [0.25, 0.3) is 0 Å². The molecule has 3 heteroatoms. The van der Waals surface area contributed by atoms with Crippen molar-refractivity contribution in [2.75, 3.05) is 24.5 Å². The second-order valence-corrected chi connectivity index (χ2v) is 3.10. The van der Waals surface area contributed by atoms with E-state index in [0.717, 1.165) is 26.1 Å². The molecule has 0 spiro atoms. The average Bonchev–Trinajstić information content (AvgIpc) is 2.47. The maximum Gasteiger partial charge on any atom is 0.0556 e. The molecule has 2 rings (SSSR count). The summed E-state index contributed by atoms with van der Waals surface area (Å²) in [5.74, 6) is 0. The fourth-order valence-electron chi connectivity index (χ4n) is 1.47. The number of nitrogens with zero attached hydrogens (tertiary/aromatic N) is 3. The average molecular weight is 175 g/mol. The van der Waals surface area contributed by atoms with Crippen LogP contribution in [0.2, 0.25) is 0 Å². The number of rotatable bonds is 1. The van der Waals surface area contributed by atoms with Gasteiger partial charge in [0.1, 0.15) is 0 Å². The second-order valence-electron chi connectivity index (χ2n) is 3.10. The first-order valence-corrected chi connectivity index (χ1v) is 4.60. The predicted molar refractivity (Wildman–Crippen MR) is 54.4 cm³/mol. The molecule has 0 bridgehead atoms. The minimum atomic E-state index is 0.908. The Balaban J connectivity index is 2.12. The van der Waals surface area contributed by atoms with Crippen LogP contribution in [0.3, 0.4) is 0 Å². The first kappa shape index (κ1) is 8.23. The molecule has 0 N–H and O–H groups in total. The number of aliphatic imine (C=N–C) groups is 1. The zero-order chi connectivity index (χ0) is 8.93. The third kappa shape index (κ3) is 2.05. The van der Waals surface area contributed by atoms with Crippen LogP contribution in [0.5, 0.6) is 0 Å². The summed E-state index contributed by atoms with van der Waals surface area (Å²) >= 11 is 0. The van der Waals surface area contributed by atoms with Crippen molar-refractivity contribution in [2.24, 2.45) is 4.99 Å². The van der Waals surface area contributed by atoms with Crippen LogP contribution in [0.1, 0.15) is 6.42 Å². The quantitative estimate of drug-likeness (QED) is 0.644. The van der Waals surface area contributed by atoms with Crippen molar-refractivity contribution in [3.8, 4) is 0 Å². The highest BCUT2D eigenvalue weighted by Gasteiger charge is 2.05. The smallest absolute Gasteiger partial charge is 0.0556 e. The van der Waals surface area contributed by atoms with Gasteiger partial charge >= 0.3 is 0 Å². The highest BCUT2D eigenvalue weighted by atomic mass is 15.1. The Bertz CT molecular complexity index is 281. The zero-order valence-electron chi connectivity index (χ0n) is 7.56. The van der Waals surface area contributed by atoms with Crippen LogP contribution < -0.4 is 4.90 Å². The van der Waals surface area contributed by atoms with Crippen molar-refractivity contribution in [3.63, 3.8) is 0 Å². The molecule has 68 valence electrons. The van der Waals surface area contributed by atoms with Crippen molar-refractivity contribution in [1.29, 1.82) is 0 Å². The van der Waals surface area contributed by atoms with Crippen LogP contribution in [-0.4, -0.2) is 30.8 Å². The molecule has 0 saturated carbocycles. The zero-order valence-corrected chi connectivity index (χ0v) is 7.56. The number of hydrogen-bond acceptors (Lipinski definition) is 3. The Morgan fingerprint density at radius 3 is 3.23 bits per heavy atom. The lowest BCUT2D eigenvalue weighted by Crippen LogP contribution is -2.25. The second kappa shape index (κ2) is 4.03. The third-order valence-electron chi connectivity index (χ3n) is 2.16. The van der Waals surface area contributed by atoms with Crippen molar-refractivity contribution in [2.45, 2.75) is 6.42 Å². The molecule has 0 unspecified atom stereocenters. The number of aromatic nitrogens is 1. The summed E-state index contributed by atoms with van der Waals surface area (Å²) in [4.78, 5) is 10.7. The van der Waals surface area contributed by atoms with Gasteiger partial charge in [0.2, 0.25) is 0 Å². The van der Waals surface area contributed by atoms with Crippen LogP contribution in [-0.2, 0) is 0 Å². The summed E-state index contributed by atoms with van der Waals surface area (Å²) in [6.45, 7) is 2.94. The number of pyridine rings is 1. The molecule has 1 aliphatic heterocycles. The van der Waals surface area contributed by atoms with Gasteiger partial charge in [-0.05, 0) is 18.6 Å². The molecule has 0 fully saturated rings. The largest absolute Gasteiger partial charge is 0.365 e. The van der Waals surface area contributed by atoms with Crippen LogP contribution in [0.15, 0.2) is 29.5 Å². The Morgan fingerprint density at radius 2 is 2.38 bits per heavy atom.